The van der Waals surface area contributed by atoms with Crippen LogP contribution in [0.25, 0.3) is 0 Å². The zero-order chi connectivity index (χ0) is 14.6. The highest BCUT2D eigenvalue weighted by atomic mass is 16.4. The van der Waals surface area contributed by atoms with E-state index in [9.17, 15) is 9.90 Å². The normalized spacial score (nSPS) is 25.9. The van der Waals surface area contributed by atoms with Crippen LogP contribution in [-0.2, 0) is 10.2 Å². The fourth-order valence-corrected chi connectivity index (χ4v) is 3.11. The monoisotopic (exact) mass is 273 g/mol. The second-order valence-electron chi connectivity index (χ2n) is 5.33. The minimum Gasteiger partial charge on any atom is -0.480 e. The van der Waals surface area contributed by atoms with Gasteiger partial charge in [-0.25, -0.2) is 0 Å². The summed E-state index contributed by atoms with van der Waals surface area (Å²) in [5, 5.41) is 9.72. The molecule has 0 saturated carbocycles. The Bertz CT molecular complexity index is 479. The van der Waals surface area contributed by atoms with Crippen molar-refractivity contribution in [3.05, 3.63) is 48.0 Å². The first kappa shape index (κ1) is 14.8. The van der Waals surface area contributed by atoms with Crippen molar-refractivity contribution in [2.24, 2.45) is 0 Å². The van der Waals surface area contributed by atoms with Crippen molar-refractivity contribution >= 4 is 5.97 Å². The van der Waals surface area contributed by atoms with E-state index in [1.807, 2.05) is 36.4 Å². The number of aliphatic carboxylic acids is 1. The van der Waals surface area contributed by atoms with Crippen molar-refractivity contribution in [3.8, 4) is 0 Å². The Morgan fingerprint density at radius 2 is 1.95 bits per heavy atom. The van der Waals surface area contributed by atoms with Crippen LogP contribution in [0.3, 0.4) is 0 Å². The standard InChI is InChI=1S/C17H23NO2/c1-3-18(4-2)15-10-12-17(13-11-15,16(19)20)14-8-6-5-7-9-14/h5-10,12,15H,3-4,11,13H2,1-2H3,(H,19,20). The molecule has 1 aromatic rings. The van der Waals surface area contributed by atoms with E-state index in [-0.39, 0.29) is 0 Å². The molecule has 1 aromatic carbocycles. The van der Waals surface area contributed by atoms with E-state index in [0.29, 0.717) is 12.5 Å². The van der Waals surface area contributed by atoms with Gasteiger partial charge in [0.1, 0.15) is 5.41 Å². The number of rotatable bonds is 5. The van der Waals surface area contributed by atoms with Gasteiger partial charge in [0.2, 0.25) is 0 Å². The van der Waals surface area contributed by atoms with E-state index in [4.69, 9.17) is 0 Å². The lowest BCUT2D eigenvalue weighted by atomic mass is 9.72. The molecule has 0 heterocycles. The summed E-state index contributed by atoms with van der Waals surface area (Å²) in [4.78, 5) is 14.2. The number of carboxylic acid groups (broad SMARTS) is 1. The number of carboxylic acids is 1. The number of carbonyl (C=O) groups is 1. The minimum atomic E-state index is -0.856. The van der Waals surface area contributed by atoms with E-state index >= 15 is 0 Å². The summed E-state index contributed by atoms with van der Waals surface area (Å²) in [6, 6.07) is 9.92. The van der Waals surface area contributed by atoms with Gasteiger partial charge in [-0.3, -0.25) is 9.69 Å². The molecule has 0 amide bonds. The number of likely N-dealkylation sites (N-methyl/N-ethyl adjacent to an activating group) is 1. The lowest BCUT2D eigenvalue weighted by molar-refractivity contribution is -0.142. The topological polar surface area (TPSA) is 40.5 Å². The largest absolute Gasteiger partial charge is 0.480 e. The quantitative estimate of drug-likeness (QED) is 0.838. The predicted octanol–water partition coefficient (Wildman–Crippen LogP) is 3.07. The summed E-state index contributed by atoms with van der Waals surface area (Å²) in [6.07, 6.45) is 5.53. The van der Waals surface area contributed by atoms with Crippen LogP contribution >= 0.6 is 0 Å². The van der Waals surface area contributed by atoms with Crippen LogP contribution in [0.5, 0.6) is 0 Å². The van der Waals surface area contributed by atoms with Gasteiger partial charge in [-0.15, -0.1) is 0 Å². The smallest absolute Gasteiger partial charge is 0.318 e. The minimum absolute atomic E-state index is 0.362. The third-order valence-electron chi connectivity index (χ3n) is 4.39. The zero-order valence-corrected chi connectivity index (χ0v) is 12.2. The van der Waals surface area contributed by atoms with Gasteiger partial charge in [0, 0.05) is 6.04 Å². The Labute approximate surface area is 120 Å². The summed E-state index contributed by atoms with van der Waals surface area (Å²) < 4.78 is 0. The SMILES string of the molecule is CCN(CC)C1C=CC(C(=O)O)(c2ccccc2)CC1. The molecule has 0 saturated heterocycles. The summed E-state index contributed by atoms with van der Waals surface area (Å²) >= 11 is 0. The molecule has 0 aliphatic heterocycles. The van der Waals surface area contributed by atoms with Crippen molar-refractivity contribution in [2.45, 2.75) is 38.1 Å². The van der Waals surface area contributed by atoms with Crippen molar-refractivity contribution in [1.82, 2.24) is 4.90 Å². The number of nitrogens with zero attached hydrogens (tertiary/aromatic N) is 1. The molecule has 0 radical (unpaired) electrons. The molecule has 0 aromatic heterocycles. The molecule has 2 unspecified atom stereocenters. The first-order chi connectivity index (χ1) is 9.64. The van der Waals surface area contributed by atoms with Crippen molar-refractivity contribution in [3.63, 3.8) is 0 Å². The first-order valence-corrected chi connectivity index (χ1v) is 7.36. The predicted molar refractivity (Wildman–Crippen MR) is 80.8 cm³/mol. The second-order valence-corrected chi connectivity index (χ2v) is 5.33. The van der Waals surface area contributed by atoms with Crippen LogP contribution < -0.4 is 0 Å². The van der Waals surface area contributed by atoms with Gasteiger partial charge in [0.15, 0.2) is 0 Å². The van der Waals surface area contributed by atoms with Crippen LogP contribution in [-0.4, -0.2) is 35.1 Å². The Morgan fingerprint density at radius 1 is 1.30 bits per heavy atom. The molecule has 108 valence electrons. The van der Waals surface area contributed by atoms with Crippen molar-refractivity contribution < 1.29 is 9.90 Å². The number of hydrogen-bond donors (Lipinski definition) is 1. The maximum absolute atomic E-state index is 11.8. The Kier molecular flexibility index (Phi) is 4.61. The maximum Gasteiger partial charge on any atom is 0.318 e. The van der Waals surface area contributed by atoms with Crippen LogP contribution in [0.1, 0.15) is 32.3 Å². The average Bonchev–Trinajstić information content (AvgIpc) is 2.50. The molecule has 1 aliphatic carbocycles. The molecule has 2 atom stereocenters. The van der Waals surface area contributed by atoms with E-state index in [0.717, 1.165) is 25.1 Å². The van der Waals surface area contributed by atoms with E-state index in [1.54, 1.807) is 0 Å². The average molecular weight is 273 g/mol. The Hall–Kier alpha value is -1.61. The molecule has 1 aliphatic rings. The first-order valence-electron chi connectivity index (χ1n) is 7.36. The van der Waals surface area contributed by atoms with Gasteiger partial charge in [0.05, 0.1) is 0 Å². The molecule has 0 bridgehead atoms. The zero-order valence-electron chi connectivity index (χ0n) is 12.2. The molecule has 0 spiro atoms. The van der Waals surface area contributed by atoms with Crippen LogP contribution in [0.15, 0.2) is 42.5 Å². The van der Waals surface area contributed by atoms with Crippen LogP contribution in [0, 0.1) is 0 Å². The summed E-state index contributed by atoms with van der Waals surface area (Å²) in [5.41, 5.74) is 0.0204. The highest BCUT2D eigenvalue weighted by molar-refractivity contribution is 5.84. The molecule has 20 heavy (non-hydrogen) atoms. The van der Waals surface area contributed by atoms with Crippen LogP contribution in [0.2, 0.25) is 0 Å². The fraction of sp³-hybridized carbons (Fsp3) is 0.471. The molecular formula is C17H23NO2. The van der Waals surface area contributed by atoms with E-state index in [1.165, 1.54) is 0 Å². The summed E-state index contributed by atoms with van der Waals surface area (Å²) in [7, 11) is 0. The van der Waals surface area contributed by atoms with E-state index in [2.05, 4.69) is 24.8 Å². The fourth-order valence-electron chi connectivity index (χ4n) is 3.11. The molecule has 1 N–H and O–H groups in total. The molecule has 0 fully saturated rings. The van der Waals surface area contributed by atoms with Crippen molar-refractivity contribution in [2.75, 3.05) is 13.1 Å². The van der Waals surface area contributed by atoms with Gasteiger partial charge < -0.3 is 5.11 Å². The second kappa shape index (κ2) is 6.23. The number of hydrogen-bond acceptors (Lipinski definition) is 2. The van der Waals surface area contributed by atoms with Gasteiger partial charge in [-0.2, -0.15) is 0 Å². The maximum atomic E-state index is 11.8. The van der Waals surface area contributed by atoms with Crippen LogP contribution in [0.4, 0.5) is 0 Å². The highest BCUT2D eigenvalue weighted by Crippen LogP contribution is 2.36. The molecular weight excluding hydrogens is 250 g/mol. The lowest BCUT2D eigenvalue weighted by Crippen LogP contribution is -2.42. The Morgan fingerprint density at radius 3 is 2.40 bits per heavy atom. The third kappa shape index (κ3) is 2.63. The number of benzene rings is 1. The highest BCUT2D eigenvalue weighted by Gasteiger charge is 2.40. The van der Waals surface area contributed by atoms with Gasteiger partial charge >= 0.3 is 5.97 Å². The summed E-state index contributed by atoms with van der Waals surface area (Å²) in [5.74, 6) is -0.752. The van der Waals surface area contributed by atoms with Gasteiger partial charge in [-0.1, -0.05) is 56.3 Å². The lowest BCUT2D eigenvalue weighted by Gasteiger charge is -2.36. The summed E-state index contributed by atoms with van der Waals surface area (Å²) in [6.45, 7) is 6.29. The third-order valence-corrected chi connectivity index (χ3v) is 4.39. The Balaban J connectivity index is 2.30. The molecule has 3 heteroatoms. The molecule has 2 rings (SSSR count). The van der Waals surface area contributed by atoms with E-state index < -0.39 is 11.4 Å². The molecule has 3 nitrogen and oxygen atoms in total. The van der Waals surface area contributed by atoms with Gasteiger partial charge in [-0.05, 0) is 31.5 Å². The van der Waals surface area contributed by atoms with Gasteiger partial charge in [0.25, 0.3) is 0 Å². The van der Waals surface area contributed by atoms with Crippen molar-refractivity contribution in [1.29, 1.82) is 0 Å².